The fraction of sp³-hybridized carbons (Fsp3) is 0.500. The van der Waals surface area contributed by atoms with Crippen molar-refractivity contribution in [3.05, 3.63) is 29.8 Å². The van der Waals surface area contributed by atoms with E-state index in [4.69, 9.17) is 9.57 Å². The second-order valence-corrected chi connectivity index (χ2v) is 5.21. The van der Waals surface area contributed by atoms with Crippen molar-refractivity contribution in [3.63, 3.8) is 0 Å². The molecule has 0 saturated carbocycles. The highest BCUT2D eigenvalue weighted by Crippen LogP contribution is 2.14. The Labute approximate surface area is 125 Å². The van der Waals surface area contributed by atoms with Crippen molar-refractivity contribution in [3.8, 4) is 5.75 Å². The van der Waals surface area contributed by atoms with Crippen LogP contribution in [-0.4, -0.2) is 43.3 Å². The minimum atomic E-state index is -0.427. The molecule has 0 amide bonds. The maximum atomic E-state index is 11.9. The van der Waals surface area contributed by atoms with Gasteiger partial charge in [0.25, 0.3) is 0 Å². The molecular formula is C16H22N2O3. The number of nitrogens with zero attached hydrogens (tertiary/aromatic N) is 2. The molecule has 1 aromatic rings. The Balaban J connectivity index is 1.86. The molecule has 5 heteroatoms. The number of rotatable bonds is 5. The van der Waals surface area contributed by atoms with Crippen LogP contribution in [0.4, 0.5) is 0 Å². The molecule has 1 aromatic carbocycles. The second kappa shape index (κ2) is 7.78. The highest BCUT2D eigenvalue weighted by atomic mass is 16.7. The van der Waals surface area contributed by atoms with Crippen molar-refractivity contribution in [2.45, 2.75) is 26.2 Å². The quantitative estimate of drug-likeness (QED) is 0.618. The van der Waals surface area contributed by atoms with E-state index < -0.39 is 5.97 Å². The van der Waals surface area contributed by atoms with Crippen molar-refractivity contribution in [1.29, 1.82) is 0 Å². The van der Waals surface area contributed by atoms with Gasteiger partial charge in [-0.05, 0) is 37.7 Å². The zero-order valence-electron chi connectivity index (χ0n) is 12.7. The lowest BCUT2D eigenvalue weighted by Gasteiger charge is -2.22. The van der Waals surface area contributed by atoms with Crippen LogP contribution in [0.3, 0.4) is 0 Å². The van der Waals surface area contributed by atoms with Crippen LogP contribution in [0, 0.1) is 0 Å². The van der Waals surface area contributed by atoms with Crippen LogP contribution < -0.4 is 4.74 Å². The fourth-order valence-electron chi connectivity index (χ4n) is 2.03. The molecule has 2 rings (SSSR count). The van der Waals surface area contributed by atoms with Crippen molar-refractivity contribution >= 4 is 11.7 Å². The minimum absolute atomic E-state index is 0.427. The van der Waals surface area contributed by atoms with E-state index in [1.165, 1.54) is 0 Å². The summed E-state index contributed by atoms with van der Waals surface area (Å²) in [6.07, 6.45) is 2.66. The van der Waals surface area contributed by atoms with Gasteiger partial charge in [0.15, 0.2) is 0 Å². The van der Waals surface area contributed by atoms with Gasteiger partial charge in [-0.25, -0.2) is 4.79 Å². The van der Waals surface area contributed by atoms with Gasteiger partial charge in [-0.15, -0.1) is 0 Å². The van der Waals surface area contributed by atoms with Crippen molar-refractivity contribution < 1.29 is 14.4 Å². The number of hydrogen-bond donors (Lipinski definition) is 0. The zero-order chi connectivity index (χ0) is 15.1. The van der Waals surface area contributed by atoms with Gasteiger partial charge in [0.05, 0.1) is 17.9 Å². The largest absolute Gasteiger partial charge is 0.494 e. The van der Waals surface area contributed by atoms with Gasteiger partial charge in [-0.3, -0.25) is 0 Å². The highest BCUT2D eigenvalue weighted by Gasteiger charge is 2.13. The van der Waals surface area contributed by atoms with Gasteiger partial charge in [-0.2, -0.15) is 0 Å². The molecule has 0 aromatic heterocycles. The summed E-state index contributed by atoms with van der Waals surface area (Å²) >= 11 is 0. The van der Waals surface area contributed by atoms with Crippen LogP contribution >= 0.6 is 0 Å². The van der Waals surface area contributed by atoms with E-state index in [1.807, 2.05) is 6.92 Å². The first-order chi connectivity index (χ1) is 10.2. The van der Waals surface area contributed by atoms with Gasteiger partial charge < -0.3 is 14.5 Å². The maximum absolute atomic E-state index is 11.9. The molecule has 1 fully saturated rings. The van der Waals surface area contributed by atoms with E-state index in [9.17, 15) is 4.79 Å². The number of carbonyl (C=O) groups excluding carboxylic acids is 1. The number of likely N-dealkylation sites (tertiary alicyclic amines) is 1. The van der Waals surface area contributed by atoms with E-state index in [0.717, 1.165) is 43.8 Å². The number of oxime groups is 1. The fourth-order valence-corrected chi connectivity index (χ4v) is 2.03. The molecule has 1 heterocycles. The first kappa shape index (κ1) is 15.5. The van der Waals surface area contributed by atoms with E-state index in [2.05, 4.69) is 17.1 Å². The summed E-state index contributed by atoms with van der Waals surface area (Å²) in [5.74, 6) is 0.332. The average molecular weight is 290 g/mol. The van der Waals surface area contributed by atoms with Gasteiger partial charge in [0.1, 0.15) is 5.75 Å². The van der Waals surface area contributed by atoms with Crippen LogP contribution in [0.1, 0.15) is 36.5 Å². The normalized spacial score (nSPS) is 15.6. The molecule has 0 N–H and O–H groups in total. The molecule has 0 spiro atoms. The molecule has 1 saturated heterocycles. The van der Waals surface area contributed by atoms with Crippen LogP contribution in [0.2, 0.25) is 0 Å². The van der Waals surface area contributed by atoms with E-state index in [-0.39, 0.29) is 0 Å². The lowest BCUT2D eigenvalue weighted by atomic mass is 10.1. The molecule has 0 radical (unpaired) electrons. The Kier molecular flexibility index (Phi) is 5.75. The van der Waals surface area contributed by atoms with Gasteiger partial charge >= 0.3 is 5.97 Å². The number of piperidine rings is 1. The molecule has 0 unspecified atom stereocenters. The van der Waals surface area contributed by atoms with Crippen LogP contribution in [0.5, 0.6) is 5.75 Å². The lowest BCUT2D eigenvalue weighted by molar-refractivity contribution is 0.0512. The topological polar surface area (TPSA) is 51.1 Å². The summed E-state index contributed by atoms with van der Waals surface area (Å²) in [5, 5.41) is 3.98. The average Bonchev–Trinajstić information content (AvgIpc) is 2.52. The zero-order valence-corrected chi connectivity index (χ0v) is 12.7. The van der Waals surface area contributed by atoms with Crippen molar-refractivity contribution in [2.75, 3.05) is 26.7 Å². The third-order valence-electron chi connectivity index (χ3n) is 3.38. The summed E-state index contributed by atoms with van der Waals surface area (Å²) in [6.45, 7) is 4.64. The molecule has 0 bridgehead atoms. The van der Waals surface area contributed by atoms with E-state index in [1.54, 1.807) is 24.3 Å². The molecule has 21 heavy (non-hydrogen) atoms. The number of ether oxygens (including phenoxy) is 1. The first-order valence-electron chi connectivity index (χ1n) is 7.37. The maximum Gasteiger partial charge on any atom is 0.365 e. The summed E-state index contributed by atoms with van der Waals surface area (Å²) in [6, 6.07) is 6.94. The molecular weight excluding hydrogens is 268 g/mol. The standard InChI is InChI=1S/C16H22N2O3/c1-3-12-20-15-6-4-13(5-7-15)16(19)21-17-14-8-10-18(2)11-9-14/h4-7H,3,8-12H2,1-2H3. The lowest BCUT2D eigenvalue weighted by Crippen LogP contribution is -2.30. The van der Waals surface area contributed by atoms with Gasteiger partial charge in [0.2, 0.25) is 0 Å². The molecule has 1 aliphatic heterocycles. The summed E-state index contributed by atoms with van der Waals surface area (Å²) in [7, 11) is 2.07. The van der Waals surface area contributed by atoms with E-state index >= 15 is 0 Å². The Morgan fingerprint density at radius 2 is 1.90 bits per heavy atom. The predicted molar refractivity (Wildman–Crippen MR) is 81.8 cm³/mol. The van der Waals surface area contributed by atoms with Crippen molar-refractivity contribution in [1.82, 2.24) is 4.90 Å². The van der Waals surface area contributed by atoms with Crippen LogP contribution in [0.25, 0.3) is 0 Å². The Bertz CT molecular complexity index is 487. The number of benzene rings is 1. The number of carbonyl (C=O) groups is 1. The van der Waals surface area contributed by atoms with E-state index in [0.29, 0.717) is 12.2 Å². The highest BCUT2D eigenvalue weighted by molar-refractivity contribution is 5.91. The second-order valence-electron chi connectivity index (χ2n) is 5.21. The van der Waals surface area contributed by atoms with Gasteiger partial charge in [-0.1, -0.05) is 12.1 Å². The van der Waals surface area contributed by atoms with Gasteiger partial charge in [0, 0.05) is 25.9 Å². The summed E-state index contributed by atoms with van der Waals surface area (Å²) in [4.78, 5) is 19.1. The predicted octanol–water partition coefficient (Wildman–Crippen LogP) is 2.71. The Hall–Kier alpha value is -1.88. The first-order valence-corrected chi connectivity index (χ1v) is 7.37. The smallest absolute Gasteiger partial charge is 0.365 e. The third kappa shape index (κ3) is 4.86. The molecule has 0 atom stereocenters. The Morgan fingerprint density at radius 3 is 2.52 bits per heavy atom. The summed E-state index contributed by atoms with van der Waals surface area (Å²) < 4.78 is 5.47. The molecule has 114 valence electrons. The van der Waals surface area contributed by atoms with Crippen molar-refractivity contribution in [2.24, 2.45) is 5.16 Å². The summed E-state index contributed by atoms with van der Waals surface area (Å²) in [5.41, 5.74) is 1.43. The molecule has 1 aliphatic rings. The minimum Gasteiger partial charge on any atom is -0.494 e. The van der Waals surface area contributed by atoms with Crippen LogP contribution in [0.15, 0.2) is 29.4 Å². The third-order valence-corrected chi connectivity index (χ3v) is 3.38. The monoisotopic (exact) mass is 290 g/mol. The number of hydrogen-bond acceptors (Lipinski definition) is 5. The molecule has 0 aliphatic carbocycles. The van der Waals surface area contributed by atoms with Crippen LogP contribution in [-0.2, 0) is 4.84 Å². The molecule has 5 nitrogen and oxygen atoms in total. The Morgan fingerprint density at radius 1 is 1.24 bits per heavy atom. The SMILES string of the molecule is CCCOc1ccc(C(=O)ON=C2CCN(C)CC2)cc1.